The molecule has 0 aliphatic heterocycles. The molecule has 0 aliphatic carbocycles. The zero-order valence-electron chi connectivity index (χ0n) is 7.70. The van der Waals surface area contributed by atoms with Gasteiger partial charge in [-0.15, -0.1) is 0 Å². The molecule has 0 fully saturated rings. The van der Waals surface area contributed by atoms with E-state index in [4.69, 9.17) is 5.73 Å². The van der Waals surface area contributed by atoms with Crippen molar-refractivity contribution >= 4 is 5.91 Å². The molecule has 1 heterocycles. The van der Waals surface area contributed by atoms with Gasteiger partial charge in [0, 0.05) is 6.20 Å². The highest BCUT2D eigenvalue weighted by Crippen LogP contribution is 2.36. The van der Waals surface area contributed by atoms with Crippen LogP contribution in [0.25, 0.3) is 0 Å². The molecule has 0 spiro atoms. The second-order valence-corrected chi connectivity index (χ2v) is 2.60. The Balaban J connectivity index is 3.39. The number of primary amides is 1. The van der Waals surface area contributed by atoms with E-state index in [1.165, 1.54) is 0 Å². The summed E-state index contributed by atoms with van der Waals surface area (Å²) in [6, 6.07) is 0. The Hall–Kier alpha value is -1.92. The highest BCUT2D eigenvalue weighted by atomic mass is 19.3. The number of amides is 1. The Morgan fingerprint density at radius 2 is 2.27 bits per heavy atom. The van der Waals surface area contributed by atoms with Crippen molar-refractivity contribution in [1.29, 1.82) is 0 Å². The molecule has 0 unspecified atom stereocenters. The fourth-order valence-corrected chi connectivity index (χ4v) is 1.04. The lowest BCUT2D eigenvalue weighted by Gasteiger charge is -2.10. The van der Waals surface area contributed by atoms with Crippen LogP contribution in [-0.2, 0) is 0 Å². The minimum atomic E-state index is -2.96. The number of ether oxygens (including phenoxy) is 1. The summed E-state index contributed by atoms with van der Waals surface area (Å²) in [5, 5.41) is 9.31. The molecule has 0 aliphatic rings. The average molecular weight is 218 g/mol. The molecule has 0 radical (unpaired) electrons. The zero-order chi connectivity index (χ0) is 11.6. The van der Waals surface area contributed by atoms with E-state index in [9.17, 15) is 18.7 Å². The standard InChI is InChI=1S/C8H8F2N2O3/c1-15-6-3(8(11)14)2-12-4(5(6)13)7(9)10/h2,7,13H,1H3,(H2,11,14). The SMILES string of the molecule is COc1c(C(N)=O)cnc(C(F)F)c1O. The van der Waals surface area contributed by atoms with Gasteiger partial charge in [0.2, 0.25) is 0 Å². The summed E-state index contributed by atoms with van der Waals surface area (Å²) >= 11 is 0. The second kappa shape index (κ2) is 4.07. The summed E-state index contributed by atoms with van der Waals surface area (Å²) in [7, 11) is 1.12. The van der Waals surface area contributed by atoms with Crippen LogP contribution in [0.3, 0.4) is 0 Å². The fraction of sp³-hybridized carbons (Fsp3) is 0.250. The van der Waals surface area contributed by atoms with Crippen molar-refractivity contribution in [2.24, 2.45) is 5.73 Å². The van der Waals surface area contributed by atoms with Crippen molar-refractivity contribution in [2.45, 2.75) is 6.43 Å². The third-order valence-electron chi connectivity index (χ3n) is 1.71. The van der Waals surface area contributed by atoms with Gasteiger partial charge in [0.15, 0.2) is 17.2 Å². The zero-order valence-corrected chi connectivity index (χ0v) is 7.70. The number of halogens is 2. The van der Waals surface area contributed by atoms with Crippen molar-refractivity contribution in [3.05, 3.63) is 17.5 Å². The van der Waals surface area contributed by atoms with Crippen molar-refractivity contribution < 1.29 is 23.4 Å². The summed E-state index contributed by atoms with van der Waals surface area (Å²) in [5.41, 5.74) is 3.83. The number of aromatic nitrogens is 1. The van der Waals surface area contributed by atoms with Gasteiger partial charge in [0.05, 0.1) is 7.11 Å². The number of hydrogen-bond donors (Lipinski definition) is 2. The van der Waals surface area contributed by atoms with Crippen LogP contribution < -0.4 is 10.5 Å². The van der Waals surface area contributed by atoms with Crippen LogP contribution in [0.2, 0.25) is 0 Å². The Bertz CT molecular complexity index is 396. The van der Waals surface area contributed by atoms with E-state index in [0.29, 0.717) is 0 Å². The summed E-state index contributed by atoms with van der Waals surface area (Å²) < 4.78 is 29.2. The Labute approximate surface area is 83.5 Å². The van der Waals surface area contributed by atoms with E-state index in [1.54, 1.807) is 0 Å². The van der Waals surface area contributed by atoms with Gasteiger partial charge in [-0.25, -0.2) is 8.78 Å². The molecule has 1 rings (SSSR count). The first-order valence-corrected chi connectivity index (χ1v) is 3.82. The van der Waals surface area contributed by atoms with Crippen LogP contribution in [0.1, 0.15) is 22.5 Å². The quantitative estimate of drug-likeness (QED) is 0.786. The van der Waals surface area contributed by atoms with Crippen molar-refractivity contribution in [2.75, 3.05) is 7.11 Å². The number of nitrogens with two attached hydrogens (primary N) is 1. The largest absolute Gasteiger partial charge is 0.503 e. The number of rotatable bonds is 3. The molecule has 5 nitrogen and oxygen atoms in total. The third-order valence-corrected chi connectivity index (χ3v) is 1.71. The predicted octanol–water partition coefficient (Wildman–Crippen LogP) is 0.832. The van der Waals surface area contributed by atoms with Crippen molar-refractivity contribution in [3.8, 4) is 11.5 Å². The van der Waals surface area contributed by atoms with E-state index < -0.39 is 29.5 Å². The monoisotopic (exact) mass is 218 g/mol. The number of carbonyl (C=O) groups is 1. The fourth-order valence-electron chi connectivity index (χ4n) is 1.04. The van der Waals surface area contributed by atoms with Gasteiger partial charge >= 0.3 is 0 Å². The Morgan fingerprint density at radius 3 is 2.67 bits per heavy atom. The third kappa shape index (κ3) is 1.95. The van der Waals surface area contributed by atoms with Gasteiger partial charge in [-0.05, 0) is 0 Å². The summed E-state index contributed by atoms with van der Waals surface area (Å²) in [5.74, 6) is -2.19. The molecular weight excluding hydrogens is 210 g/mol. The molecular formula is C8H8F2N2O3. The molecule has 1 amide bonds. The molecule has 82 valence electrons. The first-order chi connectivity index (χ1) is 6.99. The summed E-state index contributed by atoms with van der Waals surface area (Å²) in [6.45, 7) is 0. The Kier molecular flexibility index (Phi) is 3.03. The molecule has 1 aromatic heterocycles. The molecule has 0 aromatic carbocycles. The van der Waals surface area contributed by atoms with Gasteiger partial charge in [-0.2, -0.15) is 0 Å². The summed E-state index contributed by atoms with van der Waals surface area (Å²) in [4.78, 5) is 14.0. The molecule has 0 saturated heterocycles. The maximum atomic E-state index is 12.3. The van der Waals surface area contributed by atoms with Crippen LogP contribution in [0.15, 0.2) is 6.20 Å². The summed E-state index contributed by atoms with van der Waals surface area (Å²) in [6.07, 6.45) is -2.12. The lowest BCUT2D eigenvalue weighted by atomic mass is 10.2. The number of carbonyl (C=O) groups excluding carboxylic acids is 1. The topological polar surface area (TPSA) is 85.4 Å². The minimum absolute atomic E-state index is 0.251. The number of aromatic hydroxyl groups is 1. The molecule has 0 saturated carbocycles. The van der Waals surface area contributed by atoms with E-state index in [0.717, 1.165) is 13.3 Å². The number of alkyl halides is 2. The number of hydrogen-bond acceptors (Lipinski definition) is 4. The molecule has 7 heteroatoms. The number of nitrogens with zero attached hydrogens (tertiary/aromatic N) is 1. The highest BCUT2D eigenvalue weighted by Gasteiger charge is 2.23. The van der Waals surface area contributed by atoms with Gasteiger partial charge in [0.25, 0.3) is 12.3 Å². The second-order valence-electron chi connectivity index (χ2n) is 2.60. The van der Waals surface area contributed by atoms with Gasteiger partial charge in [-0.3, -0.25) is 9.78 Å². The average Bonchev–Trinajstić information content (AvgIpc) is 2.16. The first-order valence-electron chi connectivity index (χ1n) is 3.82. The van der Waals surface area contributed by atoms with Gasteiger partial charge in [0.1, 0.15) is 5.56 Å². The van der Waals surface area contributed by atoms with Crippen LogP contribution in [0.4, 0.5) is 8.78 Å². The first kappa shape index (κ1) is 11.2. The van der Waals surface area contributed by atoms with E-state index >= 15 is 0 Å². The van der Waals surface area contributed by atoms with Crippen LogP contribution in [0, 0.1) is 0 Å². The molecule has 15 heavy (non-hydrogen) atoms. The highest BCUT2D eigenvalue weighted by molar-refractivity contribution is 5.96. The van der Waals surface area contributed by atoms with Crippen molar-refractivity contribution in [1.82, 2.24) is 4.98 Å². The maximum Gasteiger partial charge on any atom is 0.284 e. The molecule has 0 bridgehead atoms. The van der Waals surface area contributed by atoms with Gasteiger partial charge in [-0.1, -0.05) is 0 Å². The van der Waals surface area contributed by atoms with Crippen molar-refractivity contribution in [3.63, 3.8) is 0 Å². The maximum absolute atomic E-state index is 12.3. The predicted molar refractivity (Wildman–Crippen MR) is 45.9 cm³/mol. The van der Waals surface area contributed by atoms with E-state index in [-0.39, 0.29) is 5.56 Å². The smallest absolute Gasteiger partial charge is 0.284 e. The van der Waals surface area contributed by atoms with Crippen LogP contribution in [-0.4, -0.2) is 23.1 Å². The van der Waals surface area contributed by atoms with Crippen LogP contribution in [0.5, 0.6) is 11.5 Å². The lowest BCUT2D eigenvalue weighted by Crippen LogP contribution is -2.13. The van der Waals surface area contributed by atoms with E-state index in [1.807, 2.05) is 0 Å². The molecule has 3 N–H and O–H groups in total. The Morgan fingerprint density at radius 1 is 1.67 bits per heavy atom. The minimum Gasteiger partial charge on any atom is -0.503 e. The number of methoxy groups -OCH3 is 1. The molecule has 1 aromatic rings. The van der Waals surface area contributed by atoms with Crippen LogP contribution >= 0.6 is 0 Å². The molecule has 0 atom stereocenters. The van der Waals surface area contributed by atoms with Gasteiger partial charge < -0.3 is 15.6 Å². The normalized spacial score (nSPS) is 10.4. The lowest BCUT2D eigenvalue weighted by molar-refractivity contribution is 0.0994. The number of pyridine rings is 1. The van der Waals surface area contributed by atoms with E-state index in [2.05, 4.69) is 9.72 Å².